The average molecular weight is 285 g/mol. The van der Waals surface area contributed by atoms with Crippen LogP contribution in [0.4, 0.5) is 0 Å². The molecule has 6 heteroatoms. The Hall–Kier alpha value is -1.52. The van der Waals surface area contributed by atoms with Crippen molar-refractivity contribution in [3.63, 3.8) is 0 Å². The van der Waals surface area contributed by atoms with E-state index in [1.165, 1.54) is 4.57 Å². The minimum Gasteiger partial charge on any atom is -0.497 e. The first-order valence-corrected chi connectivity index (χ1v) is 5.86. The van der Waals surface area contributed by atoms with E-state index in [0.717, 1.165) is 11.3 Å². The van der Waals surface area contributed by atoms with E-state index in [1.807, 2.05) is 0 Å². The molecule has 0 amide bonds. The van der Waals surface area contributed by atoms with Gasteiger partial charge in [0.15, 0.2) is 10.3 Å². The van der Waals surface area contributed by atoms with E-state index < -0.39 is 0 Å². The molecule has 0 unspecified atom stereocenters. The molecular formula is C12H10Cl2N2O2. The van der Waals surface area contributed by atoms with Gasteiger partial charge in [0.05, 0.1) is 12.8 Å². The normalized spacial score (nSPS) is 10.4. The Labute approximate surface area is 114 Å². The van der Waals surface area contributed by atoms with Gasteiger partial charge in [-0.1, -0.05) is 23.2 Å². The van der Waals surface area contributed by atoms with Crippen molar-refractivity contribution in [1.29, 1.82) is 0 Å². The third-order valence-electron chi connectivity index (χ3n) is 2.57. The van der Waals surface area contributed by atoms with Gasteiger partial charge in [0.1, 0.15) is 5.75 Å². The van der Waals surface area contributed by atoms with Gasteiger partial charge < -0.3 is 9.30 Å². The van der Waals surface area contributed by atoms with Gasteiger partial charge in [-0.3, -0.25) is 4.79 Å². The number of benzene rings is 1. The van der Waals surface area contributed by atoms with Crippen LogP contribution in [0.5, 0.6) is 5.75 Å². The van der Waals surface area contributed by atoms with Crippen molar-refractivity contribution >= 4 is 23.2 Å². The second kappa shape index (κ2) is 5.00. The van der Waals surface area contributed by atoms with Crippen LogP contribution < -0.4 is 10.3 Å². The fraction of sp³-hybridized carbons (Fsp3) is 0.167. The van der Waals surface area contributed by atoms with Gasteiger partial charge in [-0.15, -0.1) is 0 Å². The van der Waals surface area contributed by atoms with Crippen LogP contribution in [0.2, 0.25) is 10.3 Å². The molecule has 1 aromatic carbocycles. The molecule has 0 atom stereocenters. The van der Waals surface area contributed by atoms with Crippen LogP contribution in [0.15, 0.2) is 29.1 Å². The lowest BCUT2D eigenvalue weighted by Crippen LogP contribution is -2.20. The van der Waals surface area contributed by atoms with E-state index in [2.05, 4.69) is 4.98 Å². The predicted octanol–water partition coefficient (Wildman–Crippen LogP) is 2.76. The first-order valence-electron chi connectivity index (χ1n) is 5.11. The maximum absolute atomic E-state index is 11.7. The largest absolute Gasteiger partial charge is 0.497 e. The van der Waals surface area contributed by atoms with Crippen LogP contribution in [0.25, 0.3) is 11.3 Å². The highest BCUT2D eigenvalue weighted by Crippen LogP contribution is 2.27. The summed E-state index contributed by atoms with van der Waals surface area (Å²) >= 11 is 11.7. The summed E-state index contributed by atoms with van der Waals surface area (Å²) in [7, 11) is 3.18. The van der Waals surface area contributed by atoms with Gasteiger partial charge in [0.25, 0.3) is 5.56 Å². The van der Waals surface area contributed by atoms with Crippen molar-refractivity contribution in [3.8, 4) is 17.0 Å². The highest BCUT2D eigenvalue weighted by Gasteiger charge is 2.13. The fourth-order valence-corrected chi connectivity index (χ4v) is 2.20. The van der Waals surface area contributed by atoms with Crippen molar-refractivity contribution in [3.05, 3.63) is 44.9 Å². The zero-order valence-electron chi connectivity index (χ0n) is 9.78. The summed E-state index contributed by atoms with van der Waals surface area (Å²) in [6, 6.07) is 7.17. The summed E-state index contributed by atoms with van der Waals surface area (Å²) in [5.74, 6) is 0.724. The number of hydrogen-bond donors (Lipinski definition) is 0. The molecule has 2 rings (SSSR count). The molecule has 0 saturated carbocycles. The van der Waals surface area contributed by atoms with E-state index in [1.54, 1.807) is 38.4 Å². The quantitative estimate of drug-likeness (QED) is 0.852. The van der Waals surface area contributed by atoms with Gasteiger partial charge >= 0.3 is 0 Å². The maximum Gasteiger partial charge on any atom is 0.288 e. The van der Waals surface area contributed by atoms with Crippen LogP contribution in [0.3, 0.4) is 0 Å². The Kier molecular flexibility index (Phi) is 3.59. The van der Waals surface area contributed by atoms with Crippen molar-refractivity contribution in [2.75, 3.05) is 7.11 Å². The molecule has 18 heavy (non-hydrogen) atoms. The number of ether oxygens (including phenoxy) is 1. The zero-order valence-corrected chi connectivity index (χ0v) is 11.3. The Morgan fingerprint density at radius 2 is 1.78 bits per heavy atom. The number of hydrogen-bond acceptors (Lipinski definition) is 3. The molecule has 1 aromatic heterocycles. The van der Waals surface area contributed by atoms with E-state index >= 15 is 0 Å². The number of nitrogens with zero attached hydrogens (tertiary/aromatic N) is 2. The Bertz CT molecular complexity index is 636. The van der Waals surface area contributed by atoms with Crippen molar-refractivity contribution in [1.82, 2.24) is 9.55 Å². The minimum atomic E-state index is -0.383. The van der Waals surface area contributed by atoms with Crippen LogP contribution in [0, 0.1) is 0 Å². The number of methoxy groups -OCH3 is 1. The second-order valence-corrected chi connectivity index (χ2v) is 4.35. The molecule has 4 nitrogen and oxygen atoms in total. The molecule has 1 heterocycles. The summed E-state index contributed by atoms with van der Waals surface area (Å²) in [5.41, 5.74) is 0.908. The van der Waals surface area contributed by atoms with Crippen molar-refractivity contribution < 1.29 is 4.74 Å². The first kappa shape index (κ1) is 12.9. The van der Waals surface area contributed by atoms with Gasteiger partial charge in [0.2, 0.25) is 0 Å². The lowest BCUT2D eigenvalue weighted by Gasteiger charge is -2.10. The maximum atomic E-state index is 11.7. The van der Waals surface area contributed by atoms with E-state index in [4.69, 9.17) is 27.9 Å². The molecule has 0 aliphatic heterocycles. The Balaban J connectivity index is 2.63. The highest BCUT2D eigenvalue weighted by atomic mass is 35.5. The Morgan fingerprint density at radius 1 is 1.17 bits per heavy atom. The van der Waals surface area contributed by atoms with E-state index in [0.29, 0.717) is 5.69 Å². The molecular weight excluding hydrogens is 275 g/mol. The summed E-state index contributed by atoms with van der Waals surface area (Å²) < 4.78 is 6.44. The van der Waals surface area contributed by atoms with Crippen LogP contribution in [-0.4, -0.2) is 16.7 Å². The van der Waals surface area contributed by atoms with Crippen molar-refractivity contribution in [2.45, 2.75) is 0 Å². The van der Waals surface area contributed by atoms with Crippen LogP contribution >= 0.6 is 23.2 Å². The minimum absolute atomic E-state index is 0.139. The number of aromatic nitrogens is 2. The summed E-state index contributed by atoms with van der Waals surface area (Å²) in [5, 5.41) is 0.0482. The molecule has 0 saturated heterocycles. The number of halogens is 2. The highest BCUT2D eigenvalue weighted by molar-refractivity contribution is 6.33. The topological polar surface area (TPSA) is 44.1 Å². The Morgan fingerprint density at radius 3 is 2.33 bits per heavy atom. The summed E-state index contributed by atoms with van der Waals surface area (Å²) in [6.07, 6.45) is 0. The molecule has 94 valence electrons. The zero-order chi connectivity index (χ0) is 13.3. The molecule has 0 fully saturated rings. The first-order chi connectivity index (χ1) is 8.54. The molecule has 0 N–H and O–H groups in total. The lowest BCUT2D eigenvalue weighted by molar-refractivity contribution is 0.415. The fourth-order valence-electron chi connectivity index (χ4n) is 1.63. The predicted molar refractivity (Wildman–Crippen MR) is 71.5 cm³/mol. The van der Waals surface area contributed by atoms with Crippen molar-refractivity contribution in [2.24, 2.45) is 7.05 Å². The van der Waals surface area contributed by atoms with E-state index in [9.17, 15) is 4.79 Å². The third-order valence-corrected chi connectivity index (χ3v) is 3.08. The molecule has 0 radical (unpaired) electrons. The summed E-state index contributed by atoms with van der Waals surface area (Å²) in [4.78, 5) is 15.5. The second-order valence-electron chi connectivity index (χ2n) is 3.63. The molecule has 0 aliphatic rings. The molecule has 0 spiro atoms. The SMILES string of the molecule is COc1ccc(-c2c(Cl)nc(Cl)c(=O)n2C)cc1. The lowest BCUT2D eigenvalue weighted by atomic mass is 10.1. The third kappa shape index (κ3) is 2.21. The molecule has 0 aliphatic carbocycles. The summed E-state index contributed by atoms with van der Waals surface area (Å²) in [6.45, 7) is 0. The standard InChI is InChI=1S/C12H10Cl2N2O2/c1-16-9(10(13)15-11(14)12(16)17)7-3-5-8(18-2)6-4-7/h3-6H,1-2H3. The van der Waals surface area contributed by atoms with Gasteiger partial charge in [0, 0.05) is 12.6 Å². The van der Waals surface area contributed by atoms with Crippen LogP contribution in [-0.2, 0) is 7.05 Å². The van der Waals surface area contributed by atoms with Gasteiger partial charge in [-0.05, 0) is 24.3 Å². The smallest absolute Gasteiger partial charge is 0.288 e. The van der Waals surface area contributed by atoms with E-state index in [-0.39, 0.29) is 15.9 Å². The van der Waals surface area contributed by atoms with Gasteiger partial charge in [-0.25, -0.2) is 4.98 Å². The average Bonchev–Trinajstić information content (AvgIpc) is 2.37. The number of rotatable bonds is 2. The van der Waals surface area contributed by atoms with Crippen LogP contribution in [0.1, 0.15) is 0 Å². The molecule has 0 bridgehead atoms. The monoisotopic (exact) mass is 284 g/mol. The van der Waals surface area contributed by atoms with Gasteiger partial charge in [-0.2, -0.15) is 0 Å². The molecule has 2 aromatic rings.